The zero-order valence-corrected chi connectivity index (χ0v) is 14.9. The topological polar surface area (TPSA) is 50.4 Å². The molecule has 2 aromatic rings. The van der Waals surface area contributed by atoms with Gasteiger partial charge in [-0.15, -0.1) is 0 Å². The third kappa shape index (κ3) is 5.06. The number of hydrogen-bond acceptors (Lipinski definition) is 3. The number of rotatable bonds is 5. The molecule has 0 atom stereocenters. The van der Waals surface area contributed by atoms with Gasteiger partial charge < -0.3 is 4.74 Å². The summed E-state index contributed by atoms with van der Waals surface area (Å²) >= 11 is 5.22. The average Bonchev–Trinajstić information content (AvgIpc) is 2.58. The molecule has 0 aliphatic carbocycles. The van der Waals surface area contributed by atoms with Gasteiger partial charge in [-0.05, 0) is 30.0 Å². The van der Waals surface area contributed by atoms with E-state index in [1.165, 1.54) is 0 Å². The van der Waals surface area contributed by atoms with Crippen LogP contribution in [0.15, 0.2) is 48.5 Å². The SMILES string of the molecule is Cc1ccc(C(C)C)c(OCC(=O)NNC(=S)c2ccccc2)c1. The van der Waals surface area contributed by atoms with Crippen LogP contribution in [0, 0.1) is 6.92 Å². The molecule has 24 heavy (non-hydrogen) atoms. The lowest BCUT2D eigenvalue weighted by molar-refractivity contribution is -0.123. The van der Waals surface area contributed by atoms with E-state index in [0.717, 1.165) is 22.4 Å². The van der Waals surface area contributed by atoms with Gasteiger partial charge in [0.25, 0.3) is 5.91 Å². The molecular formula is C19H22N2O2S. The van der Waals surface area contributed by atoms with Crippen molar-refractivity contribution in [3.05, 3.63) is 65.2 Å². The summed E-state index contributed by atoms with van der Waals surface area (Å²) in [5, 5.41) is 0. The molecule has 0 aromatic heterocycles. The number of carbonyl (C=O) groups is 1. The fraction of sp³-hybridized carbons (Fsp3) is 0.263. The van der Waals surface area contributed by atoms with E-state index in [2.05, 4.69) is 24.7 Å². The largest absolute Gasteiger partial charge is 0.483 e. The number of ether oxygens (including phenoxy) is 1. The van der Waals surface area contributed by atoms with Crippen molar-refractivity contribution in [2.45, 2.75) is 26.7 Å². The van der Waals surface area contributed by atoms with Crippen molar-refractivity contribution in [3.63, 3.8) is 0 Å². The molecule has 0 spiro atoms. The molecule has 0 aliphatic rings. The molecule has 0 saturated heterocycles. The second kappa shape index (κ2) is 8.45. The summed E-state index contributed by atoms with van der Waals surface area (Å²) in [6.45, 7) is 6.11. The maximum absolute atomic E-state index is 12.0. The van der Waals surface area contributed by atoms with Crippen LogP contribution in [0.3, 0.4) is 0 Å². The molecule has 0 heterocycles. The fourth-order valence-electron chi connectivity index (χ4n) is 2.21. The van der Waals surface area contributed by atoms with Crippen molar-refractivity contribution in [2.24, 2.45) is 0 Å². The summed E-state index contributed by atoms with van der Waals surface area (Å²) in [5.41, 5.74) is 8.32. The van der Waals surface area contributed by atoms with Gasteiger partial charge in [-0.25, -0.2) is 0 Å². The summed E-state index contributed by atoms with van der Waals surface area (Å²) in [6.07, 6.45) is 0. The molecule has 1 amide bonds. The molecule has 4 nitrogen and oxygen atoms in total. The van der Waals surface area contributed by atoms with Crippen LogP contribution in [0.2, 0.25) is 0 Å². The lowest BCUT2D eigenvalue weighted by Gasteiger charge is -2.15. The van der Waals surface area contributed by atoms with Gasteiger partial charge in [0.15, 0.2) is 6.61 Å². The predicted molar refractivity (Wildman–Crippen MR) is 100 cm³/mol. The lowest BCUT2D eigenvalue weighted by atomic mass is 10.0. The Morgan fingerprint density at radius 2 is 1.83 bits per heavy atom. The molecule has 0 aliphatic heterocycles. The van der Waals surface area contributed by atoms with Gasteiger partial charge in [0.05, 0.1) is 0 Å². The van der Waals surface area contributed by atoms with Crippen LogP contribution in [0.4, 0.5) is 0 Å². The van der Waals surface area contributed by atoms with Crippen molar-refractivity contribution >= 4 is 23.1 Å². The van der Waals surface area contributed by atoms with Crippen molar-refractivity contribution in [1.29, 1.82) is 0 Å². The molecule has 0 fully saturated rings. The third-order valence-corrected chi connectivity index (χ3v) is 3.84. The Kier molecular flexibility index (Phi) is 6.32. The smallest absolute Gasteiger partial charge is 0.276 e. The number of hydrogen-bond donors (Lipinski definition) is 2. The minimum atomic E-state index is -0.288. The Balaban J connectivity index is 1.88. The third-order valence-electron chi connectivity index (χ3n) is 3.50. The normalized spacial score (nSPS) is 10.3. The van der Waals surface area contributed by atoms with Crippen molar-refractivity contribution in [1.82, 2.24) is 10.9 Å². The van der Waals surface area contributed by atoms with Crippen LogP contribution in [0.1, 0.15) is 36.5 Å². The van der Waals surface area contributed by atoms with Gasteiger partial charge in [-0.2, -0.15) is 0 Å². The molecule has 0 saturated carbocycles. The summed E-state index contributed by atoms with van der Waals surface area (Å²) in [5.74, 6) is 0.780. The highest BCUT2D eigenvalue weighted by Crippen LogP contribution is 2.27. The molecule has 5 heteroatoms. The van der Waals surface area contributed by atoms with Crippen molar-refractivity contribution in [3.8, 4) is 5.75 Å². The quantitative estimate of drug-likeness (QED) is 0.645. The highest BCUT2D eigenvalue weighted by molar-refractivity contribution is 7.80. The maximum atomic E-state index is 12.0. The van der Waals surface area contributed by atoms with Gasteiger partial charge in [0.1, 0.15) is 10.7 Å². The van der Waals surface area contributed by atoms with E-state index in [1.807, 2.05) is 55.5 Å². The molecule has 126 valence electrons. The van der Waals surface area contributed by atoms with Crippen molar-refractivity contribution < 1.29 is 9.53 Å². The highest BCUT2D eigenvalue weighted by Gasteiger charge is 2.10. The van der Waals surface area contributed by atoms with Crippen LogP contribution >= 0.6 is 12.2 Å². The molecule has 2 rings (SSSR count). The summed E-state index contributed by atoms with van der Waals surface area (Å²) < 4.78 is 5.68. The van der Waals surface area contributed by atoms with E-state index in [1.54, 1.807) is 0 Å². The van der Waals surface area contributed by atoms with Gasteiger partial charge in [-0.3, -0.25) is 15.6 Å². The zero-order chi connectivity index (χ0) is 17.5. The van der Waals surface area contributed by atoms with E-state index in [0.29, 0.717) is 10.9 Å². The number of amides is 1. The second-order valence-corrected chi connectivity index (χ2v) is 6.26. The predicted octanol–water partition coefficient (Wildman–Crippen LogP) is 3.49. The van der Waals surface area contributed by atoms with Crippen molar-refractivity contribution in [2.75, 3.05) is 6.61 Å². The van der Waals surface area contributed by atoms with E-state index in [9.17, 15) is 4.79 Å². The average molecular weight is 342 g/mol. The highest BCUT2D eigenvalue weighted by atomic mass is 32.1. The first-order valence-electron chi connectivity index (χ1n) is 7.85. The summed E-state index contributed by atoms with van der Waals surface area (Å²) in [6, 6.07) is 15.5. The minimum absolute atomic E-state index is 0.0758. The van der Waals surface area contributed by atoms with E-state index in [-0.39, 0.29) is 12.5 Å². The Morgan fingerprint density at radius 3 is 2.50 bits per heavy atom. The molecule has 0 unspecified atom stereocenters. The molecule has 0 bridgehead atoms. The number of nitrogens with one attached hydrogen (secondary N) is 2. The van der Waals surface area contributed by atoms with E-state index < -0.39 is 0 Å². The van der Waals surface area contributed by atoms with Crippen LogP contribution in [-0.2, 0) is 4.79 Å². The number of thiocarbonyl (C=S) groups is 1. The van der Waals surface area contributed by atoms with Gasteiger partial charge in [-0.1, -0.05) is 68.5 Å². The van der Waals surface area contributed by atoms with E-state index >= 15 is 0 Å². The lowest BCUT2D eigenvalue weighted by Crippen LogP contribution is -2.43. The monoisotopic (exact) mass is 342 g/mol. The fourth-order valence-corrected chi connectivity index (χ4v) is 2.40. The Bertz CT molecular complexity index is 715. The standard InChI is InChI=1S/C19H22N2O2S/c1-13(2)16-10-9-14(3)11-17(16)23-12-18(22)20-21-19(24)15-7-5-4-6-8-15/h4-11,13H,12H2,1-3H3,(H,20,22)(H,21,24). The number of benzene rings is 2. The molecule has 0 radical (unpaired) electrons. The first-order chi connectivity index (χ1) is 11.5. The maximum Gasteiger partial charge on any atom is 0.276 e. The second-order valence-electron chi connectivity index (χ2n) is 5.85. The first-order valence-corrected chi connectivity index (χ1v) is 8.25. The Hall–Kier alpha value is -2.40. The van der Waals surface area contributed by atoms with Crippen LogP contribution < -0.4 is 15.6 Å². The Labute approximate surface area is 148 Å². The van der Waals surface area contributed by atoms with Gasteiger partial charge >= 0.3 is 0 Å². The summed E-state index contributed by atoms with van der Waals surface area (Å²) in [4.78, 5) is 12.4. The molecular weight excluding hydrogens is 320 g/mol. The molecule has 2 N–H and O–H groups in total. The summed E-state index contributed by atoms with van der Waals surface area (Å²) in [7, 11) is 0. The van der Waals surface area contributed by atoms with E-state index in [4.69, 9.17) is 17.0 Å². The number of hydrazine groups is 1. The Morgan fingerprint density at radius 1 is 1.12 bits per heavy atom. The van der Waals surface area contributed by atoms with Gasteiger partial charge in [0.2, 0.25) is 0 Å². The van der Waals surface area contributed by atoms with Crippen LogP contribution in [0.25, 0.3) is 0 Å². The minimum Gasteiger partial charge on any atom is -0.483 e. The zero-order valence-electron chi connectivity index (χ0n) is 14.1. The number of carbonyl (C=O) groups excluding carboxylic acids is 1. The number of aryl methyl sites for hydroxylation is 1. The van der Waals surface area contributed by atoms with Gasteiger partial charge in [0, 0.05) is 5.56 Å². The van der Waals surface area contributed by atoms with Crippen LogP contribution in [0.5, 0.6) is 5.75 Å². The first kappa shape index (κ1) is 17.9. The molecule has 2 aromatic carbocycles. The van der Waals surface area contributed by atoms with Crippen LogP contribution in [-0.4, -0.2) is 17.5 Å².